The summed E-state index contributed by atoms with van der Waals surface area (Å²) in [5.74, 6) is 0.981. The highest BCUT2D eigenvalue weighted by Crippen LogP contribution is 2.31. The van der Waals surface area contributed by atoms with Crippen molar-refractivity contribution < 1.29 is 4.74 Å². The van der Waals surface area contributed by atoms with Crippen LogP contribution in [0.4, 0.5) is 11.8 Å². The Balaban J connectivity index is 1.73. The van der Waals surface area contributed by atoms with E-state index in [1.807, 2.05) is 74.5 Å². The van der Waals surface area contributed by atoms with Crippen LogP contribution in [0.2, 0.25) is 0 Å². The Morgan fingerprint density at radius 1 is 1.11 bits per heavy atom. The number of benzene rings is 2. The predicted molar refractivity (Wildman–Crippen MR) is 147 cm³/mol. The fourth-order valence-electron chi connectivity index (χ4n) is 4.46. The molecule has 3 aromatic heterocycles. The van der Waals surface area contributed by atoms with Crippen molar-refractivity contribution in [2.24, 2.45) is 0 Å². The van der Waals surface area contributed by atoms with E-state index in [1.165, 1.54) is 6.20 Å². The van der Waals surface area contributed by atoms with Crippen LogP contribution in [0, 0.1) is 11.3 Å². The topological polar surface area (TPSA) is 132 Å². The quantitative estimate of drug-likeness (QED) is 0.322. The van der Waals surface area contributed by atoms with Gasteiger partial charge in [0, 0.05) is 23.1 Å². The van der Waals surface area contributed by atoms with Gasteiger partial charge in [-0.1, -0.05) is 36.4 Å². The largest absolute Gasteiger partial charge is 0.492 e. The van der Waals surface area contributed by atoms with Crippen molar-refractivity contribution in [2.45, 2.75) is 19.9 Å². The van der Waals surface area contributed by atoms with E-state index in [2.05, 4.69) is 26.3 Å². The molecule has 3 heterocycles. The number of nitriles is 1. The van der Waals surface area contributed by atoms with Gasteiger partial charge in [-0.25, -0.2) is 4.98 Å². The standard InChI is InChI=1S/C29H25N7O2/c1-3-38-23-12-20(15-32-17-23)24-11-7-8-19-13-25(18(2)34-27-21(14-30)16-33-29(31)35-27)36(28(37)26(19)24)22-9-5-4-6-10-22/h4-13,15-18H,3H2,1-2H3,(H3,31,33,34,35)/t18-/m0/s1. The van der Waals surface area contributed by atoms with Crippen LogP contribution in [-0.2, 0) is 0 Å². The minimum Gasteiger partial charge on any atom is -0.492 e. The van der Waals surface area contributed by atoms with Gasteiger partial charge in [0.25, 0.3) is 5.56 Å². The van der Waals surface area contributed by atoms with Gasteiger partial charge < -0.3 is 15.8 Å². The maximum Gasteiger partial charge on any atom is 0.263 e. The first kappa shape index (κ1) is 24.5. The van der Waals surface area contributed by atoms with E-state index in [-0.39, 0.29) is 17.1 Å². The molecular formula is C29H25N7O2. The monoisotopic (exact) mass is 503 g/mol. The number of para-hydroxylation sites is 1. The molecule has 0 spiro atoms. The van der Waals surface area contributed by atoms with Gasteiger partial charge in [-0.2, -0.15) is 10.2 Å². The number of nitrogens with zero attached hydrogens (tertiary/aromatic N) is 5. The van der Waals surface area contributed by atoms with E-state index in [0.717, 1.165) is 16.5 Å². The Hall–Kier alpha value is -5.23. The molecule has 0 aliphatic carbocycles. The highest BCUT2D eigenvalue weighted by molar-refractivity contribution is 5.96. The van der Waals surface area contributed by atoms with Crippen molar-refractivity contribution in [2.75, 3.05) is 17.7 Å². The second-order valence-corrected chi connectivity index (χ2v) is 8.63. The molecule has 9 heteroatoms. The fraction of sp³-hybridized carbons (Fsp3) is 0.138. The van der Waals surface area contributed by atoms with Crippen LogP contribution in [0.5, 0.6) is 5.75 Å². The lowest BCUT2D eigenvalue weighted by atomic mass is 9.98. The van der Waals surface area contributed by atoms with E-state index in [9.17, 15) is 10.1 Å². The zero-order valence-corrected chi connectivity index (χ0v) is 20.9. The van der Waals surface area contributed by atoms with Gasteiger partial charge >= 0.3 is 0 Å². The Kier molecular flexibility index (Phi) is 6.70. The molecule has 1 atom stereocenters. The number of anilines is 2. The van der Waals surface area contributed by atoms with Crippen LogP contribution >= 0.6 is 0 Å². The summed E-state index contributed by atoms with van der Waals surface area (Å²) in [4.78, 5) is 26.7. The average molecular weight is 504 g/mol. The van der Waals surface area contributed by atoms with E-state index in [0.29, 0.717) is 34.9 Å². The molecule has 38 heavy (non-hydrogen) atoms. The number of hydrogen-bond donors (Lipinski definition) is 2. The van der Waals surface area contributed by atoms with Crippen molar-refractivity contribution >= 4 is 22.5 Å². The molecule has 3 N–H and O–H groups in total. The molecule has 2 aromatic carbocycles. The van der Waals surface area contributed by atoms with Gasteiger partial charge in [-0.05, 0) is 49.1 Å². The molecule has 0 aliphatic heterocycles. The first-order valence-electron chi connectivity index (χ1n) is 12.1. The number of nitrogen functional groups attached to an aromatic ring is 1. The molecule has 0 aliphatic rings. The second kappa shape index (κ2) is 10.4. The van der Waals surface area contributed by atoms with Crippen LogP contribution in [0.3, 0.4) is 0 Å². The Bertz CT molecular complexity index is 1730. The number of nitrogens with one attached hydrogen (secondary N) is 1. The molecule has 0 unspecified atom stereocenters. The number of rotatable bonds is 7. The summed E-state index contributed by atoms with van der Waals surface area (Å²) in [7, 11) is 0. The first-order chi connectivity index (χ1) is 18.5. The third-order valence-electron chi connectivity index (χ3n) is 6.15. The molecule has 9 nitrogen and oxygen atoms in total. The summed E-state index contributed by atoms with van der Waals surface area (Å²) in [6.07, 6.45) is 4.75. The summed E-state index contributed by atoms with van der Waals surface area (Å²) in [6.45, 7) is 4.33. The van der Waals surface area contributed by atoms with Crippen LogP contribution < -0.4 is 21.3 Å². The lowest BCUT2D eigenvalue weighted by Crippen LogP contribution is -2.26. The smallest absolute Gasteiger partial charge is 0.263 e. The molecule has 0 radical (unpaired) electrons. The minimum absolute atomic E-state index is 0.0465. The molecule has 0 amide bonds. The maximum atomic E-state index is 14.3. The molecule has 5 aromatic rings. The Morgan fingerprint density at radius 3 is 2.68 bits per heavy atom. The number of pyridine rings is 2. The zero-order chi connectivity index (χ0) is 26.6. The third-order valence-corrected chi connectivity index (χ3v) is 6.15. The molecule has 188 valence electrons. The number of fused-ring (bicyclic) bond motifs is 1. The fourth-order valence-corrected chi connectivity index (χ4v) is 4.46. The zero-order valence-electron chi connectivity index (χ0n) is 20.9. The highest BCUT2D eigenvalue weighted by atomic mass is 16.5. The van der Waals surface area contributed by atoms with Gasteiger partial charge in [0.15, 0.2) is 0 Å². The normalized spacial score (nSPS) is 11.6. The van der Waals surface area contributed by atoms with Crippen LogP contribution in [0.15, 0.2) is 84.0 Å². The van der Waals surface area contributed by atoms with Gasteiger partial charge in [0.05, 0.1) is 30.4 Å². The van der Waals surface area contributed by atoms with Gasteiger partial charge in [-0.15, -0.1) is 0 Å². The lowest BCUT2D eigenvalue weighted by Gasteiger charge is -2.22. The summed E-state index contributed by atoms with van der Waals surface area (Å²) >= 11 is 0. The molecule has 0 bridgehead atoms. The number of ether oxygens (including phenoxy) is 1. The van der Waals surface area contributed by atoms with Crippen molar-refractivity contribution in [3.05, 3.63) is 101 Å². The van der Waals surface area contributed by atoms with E-state index in [1.54, 1.807) is 17.0 Å². The van der Waals surface area contributed by atoms with Crippen molar-refractivity contribution in [1.29, 1.82) is 5.26 Å². The number of hydrogen-bond acceptors (Lipinski definition) is 8. The number of nitrogens with two attached hydrogens (primary N) is 1. The maximum absolute atomic E-state index is 14.3. The van der Waals surface area contributed by atoms with Crippen LogP contribution in [-0.4, -0.2) is 26.1 Å². The third kappa shape index (κ3) is 4.63. The predicted octanol–water partition coefficient (Wildman–Crippen LogP) is 4.87. The van der Waals surface area contributed by atoms with Gasteiger partial charge in [0.1, 0.15) is 23.2 Å². The van der Waals surface area contributed by atoms with Crippen LogP contribution in [0.25, 0.3) is 27.6 Å². The second-order valence-electron chi connectivity index (χ2n) is 8.63. The van der Waals surface area contributed by atoms with E-state index >= 15 is 0 Å². The molecule has 0 fully saturated rings. The summed E-state index contributed by atoms with van der Waals surface area (Å²) in [5.41, 5.74) is 8.79. The van der Waals surface area contributed by atoms with Crippen LogP contribution in [0.1, 0.15) is 31.1 Å². The SMILES string of the molecule is CCOc1cncc(-c2cccc3cc([C@H](C)Nc4nc(N)ncc4C#N)n(-c4ccccc4)c(=O)c23)c1. The van der Waals surface area contributed by atoms with Crippen molar-refractivity contribution in [1.82, 2.24) is 19.5 Å². The summed E-state index contributed by atoms with van der Waals surface area (Å²) in [5, 5.41) is 14.1. The summed E-state index contributed by atoms with van der Waals surface area (Å²) in [6, 6.07) is 20.7. The van der Waals surface area contributed by atoms with Gasteiger partial charge in [0.2, 0.25) is 5.95 Å². The molecular weight excluding hydrogens is 478 g/mol. The average Bonchev–Trinajstić information content (AvgIpc) is 2.93. The lowest BCUT2D eigenvalue weighted by molar-refractivity contribution is 0.339. The van der Waals surface area contributed by atoms with E-state index < -0.39 is 6.04 Å². The highest BCUT2D eigenvalue weighted by Gasteiger charge is 2.20. The Morgan fingerprint density at radius 2 is 1.92 bits per heavy atom. The Labute approximate surface area is 219 Å². The summed E-state index contributed by atoms with van der Waals surface area (Å²) < 4.78 is 7.32. The number of aromatic nitrogens is 4. The van der Waals surface area contributed by atoms with Crippen molar-refractivity contribution in [3.8, 4) is 28.6 Å². The molecule has 5 rings (SSSR count). The van der Waals surface area contributed by atoms with E-state index in [4.69, 9.17) is 10.5 Å². The molecule has 0 saturated carbocycles. The molecule has 0 saturated heterocycles. The van der Waals surface area contributed by atoms with Crippen molar-refractivity contribution in [3.63, 3.8) is 0 Å². The minimum atomic E-state index is -0.416. The first-order valence-corrected chi connectivity index (χ1v) is 12.1. The van der Waals surface area contributed by atoms with Gasteiger partial charge in [-0.3, -0.25) is 14.3 Å².